The van der Waals surface area contributed by atoms with E-state index in [-0.39, 0.29) is 19.0 Å². The summed E-state index contributed by atoms with van der Waals surface area (Å²) in [4.78, 5) is 27.2. The monoisotopic (exact) mass is 379 g/mol. The summed E-state index contributed by atoms with van der Waals surface area (Å²) in [5, 5.41) is 0. The van der Waals surface area contributed by atoms with Crippen molar-refractivity contribution in [2.24, 2.45) is 0 Å². The van der Waals surface area contributed by atoms with Crippen molar-refractivity contribution in [1.82, 2.24) is 19.7 Å². The van der Waals surface area contributed by atoms with Crippen LogP contribution < -0.4 is 15.1 Å². The van der Waals surface area contributed by atoms with Crippen LogP contribution in [0.1, 0.15) is 5.56 Å². The third kappa shape index (κ3) is 4.29. The normalized spacial score (nSPS) is 13.5. The number of aryl methyl sites for hydroxylation is 1. The van der Waals surface area contributed by atoms with E-state index in [1.807, 2.05) is 6.07 Å². The number of nitrogens with zero attached hydrogens (tertiary/aromatic N) is 4. The number of nitrogens with two attached hydrogens (primary N) is 1. The summed E-state index contributed by atoms with van der Waals surface area (Å²) >= 11 is 0. The maximum absolute atomic E-state index is 12.1. The van der Waals surface area contributed by atoms with Crippen LogP contribution in [0.3, 0.4) is 0 Å². The van der Waals surface area contributed by atoms with Gasteiger partial charge < -0.3 is 24.7 Å². The van der Waals surface area contributed by atoms with E-state index in [0.717, 1.165) is 5.56 Å². The fraction of sp³-hybridized carbons (Fsp3) is 0.267. The zero-order chi connectivity index (χ0) is 18.6. The highest BCUT2D eigenvalue weighted by Crippen LogP contribution is 2.43. The summed E-state index contributed by atoms with van der Waals surface area (Å²) in [6, 6.07) is 6.95. The van der Waals surface area contributed by atoms with Gasteiger partial charge in [-0.1, -0.05) is 18.2 Å². The second kappa shape index (κ2) is 7.69. The summed E-state index contributed by atoms with van der Waals surface area (Å²) in [5.41, 5.74) is 7.30. The SMILES string of the molecule is Cc1ccccc1OP(=O)(O)COCCOn1cnc2c(N)ncnc21. The van der Waals surface area contributed by atoms with Crippen LogP contribution in [0.15, 0.2) is 36.9 Å². The van der Waals surface area contributed by atoms with Gasteiger partial charge in [-0.15, -0.1) is 0 Å². The highest BCUT2D eigenvalue weighted by molar-refractivity contribution is 7.53. The molecular formula is C15H18N5O5P. The largest absolute Gasteiger partial charge is 0.423 e. The van der Waals surface area contributed by atoms with Crippen molar-refractivity contribution >= 4 is 24.6 Å². The lowest BCUT2D eigenvalue weighted by Gasteiger charge is -2.15. The lowest BCUT2D eigenvalue weighted by Crippen LogP contribution is -2.17. The van der Waals surface area contributed by atoms with Gasteiger partial charge in [-0.3, -0.25) is 0 Å². The molecule has 0 aliphatic carbocycles. The number of fused-ring (bicyclic) bond motifs is 1. The van der Waals surface area contributed by atoms with Crippen molar-refractivity contribution in [3.05, 3.63) is 42.5 Å². The molecule has 0 saturated carbocycles. The minimum atomic E-state index is -3.92. The fourth-order valence-electron chi connectivity index (χ4n) is 2.14. The second-order valence-electron chi connectivity index (χ2n) is 5.37. The van der Waals surface area contributed by atoms with Crippen molar-refractivity contribution in [2.75, 3.05) is 25.3 Å². The maximum atomic E-state index is 12.1. The van der Waals surface area contributed by atoms with Crippen LogP contribution in [-0.4, -0.2) is 44.1 Å². The molecule has 1 aromatic carbocycles. The Hall–Kier alpha value is -2.68. The van der Waals surface area contributed by atoms with E-state index in [2.05, 4.69) is 15.0 Å². The number of ether oxygens (including phenoxy) is 1. The van der Waals surface area contributed by atoms with Gasteiger partial charge in [0.2, 0.25) is 5.65 Å². The van der Waals surface area contributed by atoms with Crippen molar-refractivity contribution in [2.45, 2.75) is 6.92 Å². The molecule has 2 heterocycles. The Morgan fingerprint density at radius 1 is 1.23 bits per heavy atom. The van der Waals surface area contributed by atoms with Crippen LogP contribution in [0.5, 0.6) is 5.75 Å². The Morgan fingerprint density at radius 3 is 2.85 bits per heavy atom. The van der Waals surface area contributed by atoms with E-state index < -0.39 is 13.9 Å². The molecule has 0 radical (unpaired) electrons. The zero-order valence-electron chi connectivity index (χ0n) is 14.0. The number of benzene rings is 1. The molecule has 138 valence electrons. The Bertz CT molecular complexity index is 947. The first-order valence-corrected chi connectivity index (χ1v) is 9.44. The third-order valence-corrected chi connectivity index (χ3v) is 4.37. The van der Waals surface area contributed by atoms with E-state index in [4.69, 9.17) is 19.8 Å². The first kappa shape index (κ1) is 18.1. The highest BCUT2D eigenvalue weighted by atomic mass is 31.2. The van der Waals surface area contributed by atoms with Gasteiger partial charge in [0.15, 0.2) is 17.7 Å². The minimum Gasteiger partial charge on any atom is -0.423 e. The number of rotatable bonds is 8. The highest BCUT2D eigenvalue weighted by Gasteiger charge is 2.22. The number of imidazole rings is 1. The zero-order valence-corrected chi connectivity index (χ0v) is 14.9. The molecule has 0 fully saturated rings. The molecule has 2 aromatic heterocycles. The summed E-state index contributed by atoms with van der Waals surface area (Å²) in [6.07, 6.45) is 2.26. The number of anilines is 1. The molecule has 0 bridgehead atoms. The number of hydrogen-bond acceptors (Lipinski definition) is 8. The Balaban J connectivity index is 1.47. The molecule has 0 spiro atoms. The van der Waals surface area contributed by atoms with Crippen LogP contribution >= 0.6 is 7.60 Å². The predicted molar refractivity (Wildman–Crippen MR) is 93.6 cm³/mol. The fourth-order valence-corrected chi connectivity index (χ4v) is 3.07. The van der Waals surface area contributed by atoms with Gasteiger partial charge in [0, 0.05) is 0 Å². The molecule has 1 unspecified atom stereocenters. The van der Waals surface area contributed by atoms with Gasteiger partial charge in [-0.05, 0) is 18.6 Å². The van der Waals surface area contributed by atoms with Crippen molar-refractivity contribution in [3.63, 3.8) is 0 Å². The average Bonchev–Trinajstić information content (AvgIpc) is 3.01. The Morgan fingerprint density at radius 2 is 2.04 bits per heavy atom. The van der Waals surface area contributed by atoms with Crippen LogP contribution in [0.4, 0.5) is 5.82 Å². The van der Waals surface area contributed by atoms with Gasteiger partial charge in [0.25, 0.3) is 0 Å². The van der Waals surface area contributed by atoms with Gasteiger partial charge in [0.1, 0.15) is 25.0 Å². The molecule has 3 aromatic rings. The van der Waals surface area contributed by atoms with Gasteiger partial charge in [0.05, 0.1) is 6.61 Å². The standard InChI is InChI=1S/C15H18N5O5P/c1-11-4-2-3-5-12(11)25-26(21,22)10-23-6-7-24-20-9-19-13-14(16)17-8-18-15(13)20/h2-5,8-9H,6-7,10H2,1H3,(H,21,22)(H2,16,17,18). The Labute approximate surface area is 149 Å². The van der Waals surface area contributed by atoms with Crippen molar-refractivity contribution in [1.29, 1.82) is 0 Å². The molecule has 1 atom stereocenters. The van der Waals surface area contributed by atoms with Gasteiger partial charge in [-0.25, -0.2) is 19.5 Å². The van der Waals surface area contributed by atoms with Gasteiger partial charge >= 0.3 is 7.60 Å². The van der Waals surface area contributed by atoms with Crippen LogP contribution in [-0.2, 0) is 9.30 Å². The number of hydrogen-bond donors (Lipinski definition) is 2. The topological polar surface area (TPSA) is 135 Å². The average molecular weight is 379 g/mol. The summed E-state index contributed by atoms with van der Waals surface area (Å²) in [5.74, 6) is 0.600. The lowest BCUT2D eigenvalue weighted by molar-refractivity contribution is 0.0525. The number of para-hydroxylation sites is 1. The van der Waals surface area contributed by atoms with Gasteiger partial charge in [-0.2, -0.15) is 4.73 Å². The van der Waals surface area contributed by atoms with Crippen LogP contribution in [0, 0.1) is 6.92 Å². The van der Waals surface area contributed by atoms with E-state index in [9.17, 15) is 9.46 Å². The number of aromatic nitrogens is 4. The van der Waals surface area contributed by atoms with E-state index in [0.29, 0.717) is 16.9 Å². The molecule has 0 aliphatic rings. The summed E-state index contributed by atoms with van der Waals surface area (Å²) in [6.45, 7) is 1.97. The molecule has 0 amide bonds. The molecule has 0 aliphatic heterocycles. The quantitative estimate of drug-likeness (QED) is 0.439. The summed E-state index contributed by atoms with van der Waals surface area (Å²) in [7, 11) is -3.92. The second-order valence-corrected chi connectivity index (χ2v) is 7.08. The minimum absolute atomic E-state index is 0.0714. The van der Waals surface area contributed by atoms with E-state index in [1.165, 1.54) is 17.4 Å². The summed E-state index contributed by atoms with van der Waals surface area (Å²) < 4.78 is 23.7. The molecular weight excluding hydrogens is 361 g/mol. The molecule has 0 saturated heterocycles. The van der Waals surface area contributed by atoms with E-state index in [1.54, 1.807) is 25.1 Å². The first-order valence-electron chi connectivity index (χ1n) is 7.68. The first-order chi connectivity index (χ1) is 12.5. The van der Waals surface area contributed by atoms with Crippen molar-refractivity contribution < 1.29 is 23.6 Å². The third-order valence-electron chi connectivity index (χ3n) is 3.38. The van der Waals surface area contributed by atoms with Crippen LogP contribution in [0.25, 0.3) is 11.2 Å². The maximum Gasteiger partial charge on any atom is 0.402 e. The smallest absolute Gasteiger partial charge is 0.402 e. The number of nitrogen functional groups attached to an aromatic ring is 1. The van der Waals surface area contributed by atoms with E-state index >= 15 is 0 Å². The molecule has 10 nitrogen and oxygen atoms in total. The molecule has 26 heavy (non-hydrogen) atoms. The Kier molecular flexibility index (Phi) is 5.36. The molecule has 3 rings (SSSR count). The predicted octanol–water partition coefficient (Wildman–Crippen LogP) is 1.38. The van der Waals surface area contributed by atoms with Crippen molar-refractivity contribution in [3.8, 4) is 5.75 Å². The van der Waals surface area contributed by atoms with Crippen LogP contribution in [0.2, 0.25) is 0 Å². The molecule has 3 N–H and O–H groups in total. The molecule has 11 heteroatoms. The lowest BCUT2D eigenvalue weighted by atomic mass is 10.2.